The molecule has 2 N–H and O–H groups in total. The van der Waals surface area contributed by atoms with Gasteiger partial charge in [-0.05, 0) is 30.7 Å². The van der Waals surface area contributed by atoms with Crippen molar-refractivity contribution < 1.29 is 14.8 Å². The molecule has 1 aromatic carbocycles. The molecule has 1 aliphatic carbocycles. The highest BCUT2D eigenvalue weighted by molar-refractivity contribution is 5.94. The highest BCUT2D eigenvalue weighted by Gasteiger charge is 2.30. The minimum absolute atomic E-state index is 0.0716. The minimum Gasteiger partial charge on any atom is -0.478 e. The zero-order valence-corrected chi connectivity index (χ0v) is 11.5. The Morgan fingerprint density at radius 3 is 2.60 bits per heavy atom. The molecule has 0 radical (unpaired) electrons. The van der Waals surface area contributed by atoms with Gasteiger partial charge >= 0.3 is 5.97 Å². The molecule has 108 valence electrons. The molecule has 0 aromatic heterocycles. The van der Waals surface area contributed by atoms with Gasteiger partial charge < -0.3 is 10.4 Å². The lowest BCUT2D eigenvalue weighted by Gasteiger charge is -2.21. The van der Waals surface area contributed by atoms with Gasteiger partial charge in [0.05, 0.1) is 16.2 Å². The second-order valence-corrected chi connectivity index (χ2v) is 5.46. The number of nitro groups is 1. The summed E-state index contributed by atoms with van der Waals surface area (Å²) in [6.07, 6.45) is 2.03. The number of hydrogen-bond donors (Lipinski definition) is 2. The van der Waals surface area contributed by atoms with Gasteiger partial charge in [-0.15, -0.1) is 0 Å². The lowest BCUT2D eigenvalue weighted by molar-refractivity contribution is -0.384. The van der Waals surface area contributed by atoms with Crippen molar-refractivity contribution in [2.24, 2.45) is 11.8 Å². The van der Waals surface area contributed by atoms with Crippen LogP contribution < -0.4 is 5.32 Å². The van der Waals surface area contributed by atoms with Crippen molar-refractivity contribution in [3.05, 3.63) is 33.9 Å². The molecule has 1 aliphatic rings. The van der Waals surface area contributed by atoms with Gasteiger partial charge in [-0.25, -0.2) is 4.79 Å². The maximum Gasteiger partial charge on any atom is 0.337 e. The van der Waals surface area contributed by atoms with Crippen molar-refractivity contribution in [3.63, 3.8) is 0 Å². The van der Waals surface area contributed by atoms with E-state index in [0.29, 0.717) is 17.5 Å². The third-order valence-corrected chi connectivity index (χ3v) is 4.25. The highest BCUT2D eigenvalue weighted by atomic mass is 16.6. The summed E-state index contributed by atoms with van der Waals surface area (Å²) in [5.74, 6) is -0.100. The van der Waals surface area contributed by atoms with E-state index < -0.39 is 10.9 Å². The van der Waals surface area contributed by atoms with E-state index in [9.17, 15) is 20.0 Å². The molecule has 0 saturated heterocycles. The van der Waals surface area contributed by atoms with Crippen LogP contribution in [-0.2, 0) is 0 Å². The minimum atomic E-state index is -1.08. The fraction of sp³-hybridized carbons (Fsp3) is 0.500. The van der Waals surface area contributed by atoms with Crippen LogP contribution in [0.2, 0.25) is 0 Å². The number of carboxylic acids is 1. The standard InChI is InChI=1S/C14H18N2O4/c1-8-3-6-12(9(8)2)15-13-7-10(16(19)20)4-5-11(13)14(17)18/h4-5,7-9,12,15H,3,6H2,1-2H3,(H,17,18). The number of anilines is 1. The van der Waals surface area contributed by atoms with Gasteiger partial charge in [-0.2, -0.15) is 0 Å². The Morgan fingerprint density at radius 2 is 2.10 bits per heavy atom. The Bertz CT molecular complexity index is 544. The number of nitro benzene ring substituents is 1. The molecule has 20 heavy (non-hydrogen) atoms. The van der Waals surface area contributed by atoms with Crippen molar-refractivity contribution in [1.82, 2.24) is 0 Å². The molecule has 0 amide bonds. The molecule has 6 nitrogen and oxygen atoms in total. The predicted octanol–water partition coefficient (Wildman–Crippen LogP) is 3.14. The first-order chi connectivity index (χ1) is 9.40. The number of aromatic carboxylic acids is 1. The Labute approximate surface area is 117 Å². The third kappa shape index (κ3) is 2.74. The summed E-state index contributed by atoms with van der Waals surface area (Å²) in [5.41, 5.74) is 0.302. The number of hydrogen-bond acceptors (Lipinski definition) is 4. The van der Waals surface area contributed by atoms with Gasteiger partial charge in [0.1, 0.15) is 0 Å². The number of rotatable bonds is 4. The maximum atomic E-state index is 11.2. The molecular weight excluding hydrogens is 260 g/mol. The molecule has 2 rings (SSSR count). The van der Waals surface area contributed by atoms with Crippen LogP contribution in [0.3, 0.4) is 0 Å². The van der Waals surface area contributed by atoms with Crippen LogP contribution in [-0.4, -0.2) is 22.0 Å². The molecule has 0 heterocycles. The number of benzene rings is 1. The van der Waals surface area contributed by atoms with Gasteiger partial charge in [0.2, 0.25) is 0 Å². The monoisotopic (exact) mass is 278 g/mol. The molecule has 3 unspecified atom stereocenters. The Balaban J connectivity index is 2.30. The number of carboxylic acid groups (broad SMARTS) is 1. The van der Waals surface area contributed by atoms with E-state index in [0.717, 1.165) is 12.8 Å². The Kier molecular flexibility index (Phi) is 3.92. The molecule has 1 aromatic rings. The van der Waals surface area contributed by atoms with Crippen LogP contribution in [0.1, 0.15) is 37.0 Å². The SMILES string of the molecule is CC1CCC(Nc2cc([N+](=O)[O-])ccc2C(=O)O)C1C. The summed E-state index contributed by atoms with van der Waals surface area (Å²) in [6, 6.07) is 3.96. The molecule has 0 spiro atoms. The average molecular weight is 278 g/mol. The summed E-state index contributed by atoms with van der Waals surface area (Å²) < 4.78 is 0. The van der Waals surface area contributed by atoms with Crippen molar-refractivity contribution >= 4 is 17.3 Å². The van der Waals surface area contributed by atoms with Crippen molar-refractivity contribution in [2.45, 2.75) is 32.7 Å². The molecule has 0 aliphatic heterocycles. The Morgan fingerprint density at radius 1 is 1.40 bits per heavy atom. The van der Waals surface area contributed by atoms with Crippen LogP contribution in [0.15, 0.2) is 18.2 Å². The number of non-ortho nitro benzene ring substituents is 1. The van der Waals surface area contributed by atoms with E-state index in [-0.39, 0.29) is 17.3 Å². The van der Waals surface area contributed by atoms with E-state index in [4.69, 9.17) is 0 Å². The van der Waals surface area contributed by atoms with Gasteiger partial charge in [0.25, 0.3) is 5.69 Å². The third-order valence-electron chi connectivity index (χ3n) is 4.25. The summed E-state index contributed by atoms with van der Waals surface area (Å²) in [6.45, 7) is 4.28. The smallest absolute Gasteiger partial charge is 0.337 e. The maximum absolute atomic E-state index is 11.2. The molecule has 1 fully saturated rings. The predicted molar refractivity (Wildman–Crippen MR) is 75.0 cm³/mol. The average Bonchev–Trinajstić information content (AvgIpc) is 2.70. The van der Waals surface area contributed by atoms with Crippen LogP contribution >= 0.6 is 0 Å². The van der Waals surface area contributed by atoms with E-state index in [1.807, 2.05) is 0 Å². The van der Waals surface area contributed by atoms with E-state index in [1.54, 1.807) is 0 Å². The van der Waals surface area contributed by atoms with Gasteiger partial charge in [0, 0.05) is 18.2 Å². The zero-order chi connectivity index (χ0) is 14.9. The fourth-order valence-corrected chi connectivity index (χ4v) is 2.72. The lowest BCUT2D eigenvalue weighted by atomic mass is 9.97. The van der Waals surface area contributed by atoms with Gasteiger partial charge in [-0.3, -0.25) is 10.1 Å². The lowest BCUT2D eigenvalue weighted by Crippen LogP contribution is -2.25. The molecule has 1 saturated carbocycles. The van der Waals surface area contributed by atoms with Crippen molar-refractivity contribution in [2.75, 3.05) is 5.32 Å². The first-order valence-corrected chi connectivity index (χ1v) is 6.68. The summed E-state index contributed by atoms with van der Waals surface area (Å²) in [4.78, 5) is 21.5. The van der Waals surface area contributed by atoms with Crippen LogP contribution in [0.5, 0.6) is 0 Å². The van der Waals surface area contributed by atoms with Gasteiger partial charge in [0.15, 0.2) is 0 Å². The zero-order valence-electron chi connectivity index (χ0n) is 11.5. The molecule has 6 heteroatoms. The normalized spacial score (nSPS) is 25.4. The van der Waals surface area contributed by atoms with E-state index >= 15 is 0 Å². The van der Waals surface area contributed by atoms with Gasteiger partial charge in [-0.1, -0.05) is 13.8 Å². The fourth-order valence-electron chi connectivity index (χ4n) is 2.72. The van der Waals surface area contributed by atoms with E-state index in [2.05, 4.69) is 19.2 Å². The summed E-state index contributed by atoms with van der Waals surface area (Å²) in [7, 11) is 0. The molecule has 3 atom stereocenters. The van der Waals surface area contributed by atoms with Crippen LogP contribution in [0.25, 0.3) is 0 Å². The molecular formula is C14H18N2O4. The number of nitrogens with one attached hydrogen (secondary N) is 1. The molecule has 0 bridgehead atoms. The van der Waals surface area contributed by atoms with Crippen LogP contribution in [0, 0.1) is 22.0 Å². The highest BCUT2D eigenvalue weighted by Crippen LogP contribution is 2.34. The largest absolute Gasteiger partial charge is 0.478 e. The topological polar surface area (TPSA) is 92.5 Å². The first kappa shape index (κ1) is 14.3. The van der Waals surface area contributed by atoms with Crippen LogP contribution in [0.4, 0.5) is 11.4 Å². The first-order valence-electron chi connectivity index (χ1n) is 6.68. The number of carbonyl (C=O) groups is 1. The Hall–Kier alpha value is -2.11. The second-order valence-electron chi connectivity index (χ2n) is 5.46. The second kappa shape index (κ2) is 5.48. The van der Waals surface area contributed by atoms with Crippen molar-refractivity contribution in [1.29, 1.82) is 0 Å². The number of nitrogens with zero attached hydrogens (tertiary/aromatic N) is 1. The summed E-state index contributed by atoms with van der Waals surface area (Å²) >= 11 is 0. The van der Waals surface area contributed by atoms with E-state index in [1.165, 1.54) is 18.2 Å². The van der Waals surface area contributed by atoms with Crippen molar-refractivity contribution in [3.8, 4) is 0 Å². The quantitative estimate of drug-likeness (QED) is 0.652. The summed E-state index contributed by atoms with van der Waals surface area (Å²) in [5, 5.41) is 23.2.